The zero-order chi connectivity index (χ0) is 87.6. The Hall–Kier alpha value is -15.0. The van der Waals surface area contributed by atoms with Gasteiger partial charge in [0.2, 0.25) is 27.1 Å². The molecule has 0 saturated heterocycles. The number of pyridine rings is 5. The largest absolute Gasteiger partial charge is 0.480 e. The second-order valence-corrected chi connectivity index (χ2v) is 27.1. The number of carboxylic acid groups (broad SMARTS) is 2. The van der Waals surface area contributed by atoms with Crippen LogP contribution in [0.5, 0.6) is 0 Å². The Kier molecular flexibility index (Phi) is 31.8. The van der Waals surface area contributed by atoms with Crippen LogP contribution >= 0.6 is 23.2 Å². The predicted molar refractivity (Wildman–Crippen MR) is 452 cm³/mol. The molecule has 0 bridgehead atoms. The number of nitrogens with zero attached hydrogens (tertiary/aromatic N) is 5. The number of methoxy groups -OCH3 is 3. The van der Waals surface area contributed by atoms with Crippen LogP contribution in [0.1, 0.15) is 82.3 Å². The third-order valence-corrected chi connectivity index (χ3v) is 18.8. The maximum atomic E-state index is 14.1. The molecule has 0 saturated carbocycles. The summed E-state index contributed by atoms with van der Waals surface area (Å²) in [5.74, 6) is -7.81. The lowest BCUT2D eigenvalue weighted by molar-refractivity contribution is -0.140. The summed E-state index contributed by atoms with van der Waals surface area (Å²) in [6.07, 6.45) is 7.30. The van der Waals surface area contributed by atoms with Crippen LogP contribution < -0.4 is 53.7 Å². The molecule has 8 aromatic carbocycles. The maximum Gasteiger partial charge on any atom is 0.325 e. The summed E-state index contributed by atoms with van der Waals surface area (Å²) < 4.78 is 36.3. The molecule has 13 aromatic rings. The van der Waals surface area contributed by atoms with Gasteiger partial charge in [-0.3, -0.25) is 71.9 Å². The standard InChI is InChI=1S/C20H17ClN2O4.C20H17FN2O4.C19H15ClN2O4.C15H16N2O4.C14H14N2O4/c1-27-18(24)10-22-20(26)16-12-23(11-13-5-4-6-14(21)9-13)17-8-3-2-7-15(17)19(16)25;1-27-18(24)10-22-20(26)15-12-23(11-13-6-2-4-8-16(13)21)17-9-5-3-7-14(17)19(15)25;20-13-5-3-4-12(8-13)10-22-11-15(19(26)21-9-17(23)24)18(25)14-6-1-2-7-16(14)22;1-3-17-9-11(15(20)16-8-13(18)21-2)14(19)10-6-4-5-7-12(10)17;1-2-16-8-10(14(20)15-7-12(17)18)13(19)9-5-3-4-6-11(9)16/h2*2-9,12H,10-11H2,1H3,(H,22,26);1-8,11H,9-10H2,(H,21,26)(H,23,24);4-7,9H,3,8H2,1-2H3,(H,16,20);3-6,8H,2,7H2,1H3,(H,15,20)(H,17,18). The molecular weight excluding hydrogens is 1610 g/mol. The van der Waals surface area contributed by atoms with Gasteiger partial charge in [-0.2, -0.15) is 0 Å². The molecule has 0 radical (unpaired) electrons. The molecule has 30 nitrogen and oxygen atoms in total. The molecule has 0 aliphatic carbocycles. The van der Waals surface area contributed by atoms with Crippen molar-refractivity contribution in [2.45, 2.75) is 46.6 Å². The molecule has 0 atom stereocenters. The van der Waals surface area contributed by atoms with Gasteiger partial charge in [0.25, 0.3) is 29.5 Å². The minimum Gasteiger partial charge on any atom is -0.480 e. The van der Waals surface area contributed by atoms with E-state index in [-0.39, 0.29) is 65.2 Å². The number of carboxylic acids is 2. The fourth-order valence-corrected chi connectivity index (χ4v) is 12.8. The molecule has 5 aromatic heterocycles. The molecule has 7 N–H and O–H groups in total. The molecule has 0 unspecified atom stereocenters. The normalized spacial score (nSPS) is 10.5. The van der Waals surface area contributed by atoms with E-state index < -0.39 is 94.2 Å². The Morgan fingerprint density at radius 2 is 0.579 bits per heavy atom. The summed E-state index contributed by atoms with van der Waals surface area (Å²) in [5.41, 5.74) is 3.38. The number of hydrogen-bond donors (Lipinski definition) is 7. The van der Waals surface area contributed by atoms with E-state index in [1.807, 2.05) is 83.6 Å². The van der Waals surface area contributed by atoms with Gasteiger partial charge >= 0.3 is 29.8 Å². The predicted octanol–water partition coefficient (Wildman–Crippen LogP) is 8.98. The van der Waals surface area contributed by atoms with Gasteiger partial charge in [-0.25, -0.2) is 4.39 Å². The van der Waals surface area contributed by atoms with E-state index >= 15 is 0 Å². The van der Waals surface area contributed by atoms with Crippen molar-refractivity contribution in [1.29, 1.82) is 0 Å². The number of aromatic nitrogens is 5. The first-order chi connectivity index (χ1) is 58.1. The van der Waals surface area contributed by atoms with Crippen LogP contribution in [0.2, 0.25) is 10.0 Å². The number of rotatable bonds is 23. The number of fused-ring (bicyclic) bond motifs is 5. The average Bonchev–Trinajstić information content (AvgIpc) is 0.792. The van der Waals surface area contributed by atoms with Gasteiger partial charge in [-0.15, -0.1) is 0 Å². The highest BCUT2D eigenvalue weighted by Gasteiger charge is 2.23. The van der Waals surface area contributed by atoms with Gasteiger partial charge in [-0.05, 0) is 116 Å². The van der Waals surface area contributed by atoms with Crippen molar-refractivity contribution in [2.75, 3.05) is 54.1 Å². The number of nitrogens with one attached hydrogen (secondary N) is 5. The van der Waals surface area contributed by atoms with Crippen molar-refractivity contribution in [3.63, 3.8) is 0 Å². The maximum absolute atomic E-state index is 14.1. The SMILES string of the molecule is CCn1cc(C(=O)NCC(=O)O)c(=O)c2ccccc21.CCn1cc(C(=O)NCC(=O)OC)c(=O)c2ccccc21.COC(=O)CNC(=O)c1cn(Cc2cccc(Cl)c2)c2ccccc2c1=O.COC(=O)CNC(=O)c1cn(Cc2ccccc2F)c2ccccc2c1=O.O=C(O)CNC(=O)c1cn(Cc2cccc(Cl)c2)c2ccccc2c1=O. The zero-order valence-corrected chi connectivity index (χ0v) is 67.1. The summed E-state index contributed by atoms with van der Waals surface area (Å²) >= 11 is 12.1. The highest BCUT2D eigenvalue weighted by molar-refractivity contribution is 6.31. The van der Waals surface area contributed by atoms with Gasteiger partial charge in [0.15, 0.2) is 0 Å². The van der Waals surface area contributed by atoms with E-state index in [9.17, 15) is 76.3 Å². The molecule has 33 heteroatoms. The van der Waals surface area contributed by atoms with Crippen LogP contribution in [-0.2, 0) is 70.9 Å². The highest BCUT2D eigenvalue weighted by Crippen LogP contribution is 2.22. The number of para-hydroxylation sites is 5. The third-order valence-electron chi connectivity index (χ3n) is 18.3. The summed E-state index contributed by atoms with van der Waals surface area (Å²) in [6, 6.07) is 55.8. The van der Waals surface area contributed by atoms with Crippen molar-refractivity contribution in [2.24, 2.45) is 0 Å². The number of aliphatic carboxylic acids is 2. The molecule has 13 rings (SSSR count). The minimum absolute atomic E-state index is 0.0134. The van der Waals surface area contributed by atoms with Crippen molar-refractivity contribution < 1.29 is 76.8 Å². The fraction of sp³-hybridized carbons (Fsp3) is 0.170. The number of benzene rings is 8. The van der Waals surface area contributed by atoms with Gasteiger partial charge in [0.05, 0.1) is 55.5 Å². The van der Waals surface area contributed by atoms with Crippen LogP contribution in [-0.4, -0.2) is 146 Å². The lowest BCUT2D eigenvalue weighted by atomic mass is 10.1. The molecule has 5 amide bonds. The van der Waals surface area contributed by atoms with Crippen LogP contribution in [0, 0.1) is 5.82 Å². The summed E-state index contributed by atoms with van der Waals surface area (Å²) in [5, 5.41) is 32.1. The van der Waals surface area contributed by atoms with Crippen molar-refractivity contribution in [1.82, 2.24) is 49.4 Å². The third kappa shape index (κ3) is 23.4. The minimum atomic E-state index is -1.18. The Labute approximate surface area is 696 Å². The zero-order valence-electron chi connectivity index (χ0n) is 65.5. The molecular formula is C88H79Cl2FN10O20. The Morgan fingerprint density at radius 1 is 0.331 bits per heavy atom. The molecule has 121 heavy (non-hydrogen) atoms. The van der Waals surface area contributed by atoms with Crippen molar-refractivity contribution >= 4 is 137 Å². The van der Waals surface area contributed by atoms with E-state index in [2.05, 4.69) is 40.8 Å². The number of ether oxygens (including phenoxy) is 3. The number of aryl methyl sites for hydroxylation is 2. The first-order valence-corrected chi connectivity index (χ1v) is 37.7. The van der Waals surface area contributed by atoms with E-state index in [0.717, 1.165) is 22.2 Å². The van der Waals surface area contributed by atoms with Gasteiger partial charge in [-0.1, -0.05) is 126 Å². The Balaban J connectivity index is 0.000000173. The molecule has 0 aliphatic rings. The Morgan fingerprint density at radius 3 is 0.843 bits per heavy atom. The van der Waals surface area contributed by atoms with Crippen LogP contribution in [0.25, 0.3) is 54.5 Å². The number of carbonyl (C=O) groups is 10. The van der Waals surface area contributed by atoms with Crippen LogP contribution in [0.15, 0.2) is 249 Å². The lowest BCUT2D eigenvalue weighted by Crippen LogP contribution is -2.34. The number of amides is 5. The molecule has 0 fully saturated rings. The second-order valence-electron chi connectivity index (χ2n) is 26.2. The number of halogens is 3. The summed E-state index contributed by atoms with van der Waals surface area (Å²) in [4.78, 5) is 178. The number of hydrogen-bond acceptors (Lipinski definition) is 18. The monoisotopic (exact) mass is 1680 g/mol. The Bertz CT molecular complexity index is 6480. The van der Waals surface area contributed by atoms with E-state index in [1.54, 1.807) is 141 Å². The summed E-state index contributed by atoms with van der Waals surface area (Å²) in [7, 11) is 3.66. The summed E-state index contributed by atoms with van der Waals surface area (Å²) in [6.45, 7) is 4.01. The quantitative estimate of drug-likeness (QED) is 0.0232. The highest BCUT2D eigenvalue weighted by atomic mass is 35.5. The van der Waals surface area contributed by atoms with E-state index in [1.165, 1.54) is 58.4 Å². The number of esters is 3. The fourth-order valence-electron chi connectivity index (χ4n) is 12.4. The van der Waals surface area contributed by atoms with Crippen molar-refractivity contribution in [3.8, 4) is 0 Å². The van der Waals surface area contributed by atoms with Gasteiger partial charge in [0, 0.05) is 99.7 Å². The average molecular weight is 1690 g/mol. The van der Waals surface area contributed by atoms with Crippen LogP contribution in [0.3, 0.4) is 0 Å². The first-order valence-electron chi connectivity index (χ1n) is 37.0. The van der Waals surface area contributed by atoms with E-state index in [0.29, 0.717) is 85.3 Å². The first kappa shape index (κ1) is 89.9. The second kappa shape index (κ2) is 42.8. The number of carbonyl (C=O) groups excluding carboxylic acids is 8. The lowest BCUT2D eigenvalue weighted by Gasteiger charge is -2.14. The molecule has 0 aliphatic heterocycles. The van der Waals surface area contributed by atoms with Crippen molar-refractivity contribution in [3.05, 3.63) is 337 Å². The topological polar surface area (TPSA) is 409 Å². The van der Waals surface area contributed by atoms with Crippen LogP contribution in [0.4, 0.5) is 4.39 Å². The van der Waals surface area contributed by atoms with Gasteiger partial charge < -0.3 is 73.8 Å². The van der Waals surface area contributed by atoms with Gasteiger partial charge in [0.1, 0.15) is 66.4 Å². The molecule has 622 valence electrons. The molecule has 0 spiro atoms. The van der Waals surface area contributed by atoms with E-state index in [4.69, 9.17) is 33.4 Å². The smallest absolute Gasteiger partial charge is 0.325 e. The molecule has 5 heterocycles.